The zero-order chi connectivity index (χ0) is 15.5. The molecule has 1 aliphatic heterocycles. The first-order chi connectivity index (χ1) is 10.0. The maximum Gasteiger partial charge on any atom is 0.272 e. The van der Waals surface area contributed by atoms with Crippen LogP contribution in [0, 0.1) is 0 Å². The summed E-state index contributed by atoms with van der Waals surface area (Å²) < 4.78 is 15.1. The van der Waals surface area contributed by atoms with Crippen LogP contribution in [0.15, 0.2) is 24.3 Å². The number of carbonyl (C=O) groups is 2. The van der Waals surface area contributed by atoms with Crippen LogP contribution in [-0.2, 0) is 4.79 Å². The maximum absolute atomic E-state index is 15.1. The summed E-state index contributed by atoms with van der Waals surface area (Å²) in [6.45, 7) is 2.11. The van der Waals surface area contributed by atoms with Gasteiger partial charge in [0.25, 0.3) is 11.6 Å². The Morgan fingerprint density at radius 2 is 1.76 bits per heavy atom. The number of fused-ring (bicyclic) bond motifs is 1. The average molecular weight is 291 g/mol. The van der Waals surface area contributed by atoms with Crippen molar-refractivity contribution in [2.24, 2.45) is 0 Å². The molecule has 1 unspecified atom stereocenters. The topological polar surface area (TPSA) is 37.4 Å². The third kappa shape index (κ3) is 2.85. The molecule has 114 valence electrons. The summed E-state index contributed by atoms with van der Waals surface area (Å²) in [6, 6.07) is 6.70. The quantitative estimate of drug-likeness (QED) is 0.588. The molecule has 3 nitrogen and oxygen atoms in total. The van der Waals surface area contributed by atoms with E-state index in [2.05, 4.69) is 6.92 Å². The Morgan fingerprint density at radius 1 is 1.10 bits per heavy atom. The first-order valence-electron chi connectivity index (χ1n) is 7.63. The number of hydrogen-bond acceptors (Lipinski definition) is 2. The lowest BCUT2D eigenvalue weighted by atomic mass is 9.84. The first-order valence-corrected chi connectivity index (χ1v) is 7.63. The number of alkyl halides is 1. The number of Topliss-reactive ketones (excluding diaryl/α,β-unsaturated/α-hetero) is 1. The average Bonchev–Trinajstić information content (AvgIpc) is 2.51. The molecule has 1 amide bonds. The minimum absolute atomic E-state index is 0.0208. The molecular weight excluding hydrogens is 269 g/mol. The van der Waals surface area contributed by atoms with Gasteiger partial charge in [0, 0.05) is 12.6 Å². The summed E-state index contributed by atoms with van der Waals surface area (Å²) in [5, 5.41) is 0. The Bertz CT molecular complexity index is 543. The number of hydrogen-bond donors (Lipinski definition) is 0. The molecule has 0 aliphatic carbocycles. The number of nitrogens with zero attached hydrogens (tertiary/aromatic N) is 1. The van der Waals surface area contributed by atoms with Crippen LogP contribution < -0.4 is 4.90 Å². The standard InChI is InChI=1S/C17H22FNO2/c1-3-4-5-6-9-12-17(18)15(20)13-10-7-8-11-14(13)19(2)16(17)21/h7-8,10-11H,3-6,9,12H2,1-2H3. The van der Waals surface area contributed by atoms with Gasteiger partial charge in [-0.05, 0) is 25.0 Å². The van der Waals surface area contributed by atoms with E-state index in [-0.39, 0.29) is 6.42 Å². The number of carbonyl (C=O) groups excluding carboxylic acids is 2. The molecule has 0 aromatic heterocycles. The molecule has 1 aromatic rings. The number of amides is 1. The smallest absolute Gasteiger partial charge is 0.272 e. The van der Waals surface area contributed by atoms with E-state index in [0.717, 1.165) is 25.7 Å². The zero-order valence-corrected chi connectivity index (χ0v) is 12.7. The van der Waals surface area contributed by atoms with Gasteiger partial charge >= 0.3 is 0 Å². The molecule has 1 aliphatic rings. The van der Waals surface area contributed by atoms with Crippen molar-refractivity contribution in [3.05, 3.63) is 29.8 Å². The number of rotatable bonds is 6. The monoisotopic (exact) mass is 291 g/mol. The Morgan fingerprint density at radius 3 is 2.48 bits per heavy atom. The van der Waals surface area contributed by atoms with Crippen LogP contribution in [0.3, 0.4) is 0 Å². The predicted octanol–water partition coefficient (Wildman–Crippen LogP) is 3.91. The summed E-state index contributed by atoms with van der Waals surface area (Å²) >= 11 is 0. The number of benzene rings is 1. The van der Waals surface area contributed by atoms with Crippen LogP contribution in [0.5, 0.6) is 0 Å². The second-order valence-electron chi connectivity index (χ2n) is 5.68. The van der Waals surface area contributed by atoms with E-state index in [4.69, 9.17) is 0 Å². The van der Waals surface area contributed by atoms with Crippen molar-refractivity contribution < 1.29 is 14.0 Å². The third-order valence-electron chi connectivity index (χ3n) is 4.14. The highest BCUT2D eigenvalue weighted by Gasteiger charge is 2.52. The summed E-state index contributed by atoms with van der Waals surface area (Å²) in [5.41, 5.74) is -1.60. The lowest BCUT2D eigenvalue weighted by Gasteiger charge is -2.34. The Balaban J connectivity index is 2.16. The molecule has 0 bridgehead atoms. The SMILES string of the molecule is CCCCCCCC1(F)C(=O)c2ccccc2N(C)C1=O. The second kappa shape index (κ2) is 6.37. The van der Waals surface area contributed by atoms with Crippen molar-refractivity contribution in [2.45, 2.75) is 51.1 Å². The number of halogens is 1. The lowest BCUT2D eigenvalue weighted by molar-refractivity contribution is -0.127. The molecule has 0 saturated carbocycles. The molecule has 0 radical (unpaired) electrons. The van der Waals surface area contributed by atoms with E-state index >= 15 is 4.39 Å². The van der Waals surface area contributed by atoms with Crippen LogP contribution in [0.1, 0.15) is 55.8 Å². The molecule has 1 heterocycles. The van der Waals surface area contributed by atoms with Gasteiger partial charge in [0.15, 0.2) is 0 Å². The molecule has 0 saturated heterocycles. The van der Waals surface area contributed by atoms with Gasteiger partial charge in [0.2, 0.25) is 5.78 Å². The van der Waals surface area contributed by atoms with Crippen LogP contribution in [-0.4, -0.2) is 24.4 Å². The molecule has 0 N–H and O–H groups in total. The Hall–Kier alpha value is -1.71. The van der Waals surface area contributed by atoms with Crippen LogP contribution in [0.25, 0.3) is 0 Å². The molecule has 21 heavy (non-hydrogen) atoms. The highest BCUT2D eigenvalue weighted by atomic mass is 19.1. The normalized spacial score (nSPS) is 21.6. The number of unbranched alkanes of at least 4 members (excludes halogenated alkanes) is 4. The van der Waals surface area contributed by atoms with Crippen molar-refractivity contribution in [3.63, 3.8) is 0 Å². The van der Waals surface area contributed by atoms with Crippen LogP contribution >= 0.6 is 0 Å². The molecular formula is C17H22FNO2. The molecule has 1 aromatic carbocycles. The van der Waals surface area contributed by atoms with Gasteiger partial charge in [-0.15, -0.1) is 0 Å². The van der Waals surface area contributed by atoms with Gasteiger partial charge in [-0.2, -0.15) is 0 Å². The molecule has 4 heteroatoms. The Labute approximate surface area is 125 Å². The maximum atomic E-state index is 15.1. The van der Waals surface area contributed by atoms with E-state index in [1.54, 1.807) is 24.3 Å². The van der Waals surface area contributed by atoms with E-state index in [1.807, 2.05) is 0 Å². The minimum atomic E-state index is -2.39. The summed E-state index contributed by atoms with van der Waals surface area (Å²) in [5.74, 6) is -1.42. The summed E-state index contributed by atoms with van der Waals surface area (Å²) in [6.07, 6.45) is 4.61. The van der Waals surface area contributed by atoms with Crippen LogP contribution in [0.2, 0.25) is 0 Å². The van der Waals surface area contributed by atoms with Crippen molar-refractivity contribution in [2.75, 3.05) is 11.9 Å². The zero-order valence-electron chi connectivity index (χ0n) is 12.7. The minimum Gasteiger partial charge on any atom is -0.312 e. The van der Waals surface area contributed by atoms with E-state index in [1.165, 1.54) is 11.9 Å². The van der Waals surface area contributed by atoms with E-state index < -0.39 is 17.4 Å². The van der Waals surface area contributed by atoms with Crippen molar-refractivity contribution in [1.82, 2.24) is 0 Å². The van der Waals surface area contributed by atoms with Crippen molar-refractivity contribution >= 4 is 17.4 Å². The van der Waals surface area contributed by atoms with Crippen LogP contribution in [0.4, 0.5) is 10.1 Å². The summed E-state index contributed by atoms with van der Waals surface area (Å²) in [4.78, 5) is 25.9. The fraction of sp³-hybridized carbons (Fsp3) is 0.529. The van der Waals surface area contributed by atoms with Gasteiger partial charge < -0.3 is 4.90 Å². The second-order valence-corrected chi connectivity index (χ2v) is 5.68. The van der Waals surface area contributed by atoms with E-state index in [0.29, 0.717) is 17.7 Å². The fourth-order valence-corrected chi connectivity index (χ4v) is 2.84. The highest BCUT2D eigenvalue weighted by molar-refractivity contribution is 6.27. The summed E-state index contributed by atoms with van der Waals surface area (Å²) in [7, 11) is 1.53. The lowest BCUT2D eigenvalue weighted by Crippen LogP contribution is -2.54. The van der Waals surface area contributed by atoms with Crippen molar-refractivity contribution in [1.29, 1.82) is 0 Å². The molecule has 2 rings (SSSR count). The third-order valence-corrected chi connectivity index (χ3v) is 4.14. The van der Waals surface area contributed by atoms with Gasteiger partial charge in [0.1, 0.15) is 0 Å². The van der Waals surface area contributed by atoms with Gasteiger partial charge in [-0.1, -0.05) is 44.7 Å². The van der Waals surface area contributed by atoms with E-state index in [9.17, 15) is 9.59 Å². The molecule has 0 fully saturated rings. The highest BCUT2D eigenvalue weighted by Crippen LogP contribution is 2.36. The number of ketones is 1. The fourth-order valence-electron chi connectivity index (χ4n) is 2.84. The molecule has 1 atom stereocenters. The largest absolute Gasteiger partial charge is 0.312 e. The van der Waals surface area contributed by atoms with Crippen molar-refractivity contribution in [3.8, 4) is 0 Å². The van der Waals surface area contributed by atoms with Gasteiger partial charge in [-0.25, -0.2) is 4.39 Å². The predicted molar refractivity (Wildman–Crippen MR) is 81.4 cm³/mol. The number of para-hydroxylation sites is 1. The van der Waals surface area contributed by atoms with Gasteiger partial charge in [0.05, 0.1) is 5.69 Å². The Kier molecular flexibility index (Phi) is 4.76. The number of anilines is 1. The molecule has 0 spiro atoms. The first kappa shape index (κ1) is 15.7. The van der Waals surface area contributed by atoms with Gasteiger partial charge in [-0.3, -0.25) is 9.59 Å².